The number of thiocarbonyl (C=S) groups is 1. The summed E-state index contributed by atoms with van der Waals surface area (Å²) < 4.78 is 35.0. The molecule has 0 aromatic heterocycles. The first kappa shape index (κ1) is 17.8. The van der Waals surface area contributed by atoms with E-state index in [4.69, 9.17) is 8.92 Å². The van der Waals surface area contributed by atoms with Crippen LogP contribution in [0.15, 0.2) is 58.4 Å². The Morgan fingerprint density at radius 3 is 2.12 bits per heavy atom. The minimum atomic E-state index is -3.78. The van der Waals surface area contributed by atoms with Crippen LogP contribution in [0.4, 0.5) is 0 Å². The van der Waals surface area contributed by atoms with Crippen LogP contribution in [0.1, 0.15) is 12.8 Å². The van der Waals surface area contributed by atoms with Crippen molar-refractivity contribution in [2.75, 3.05) is 7.11 Å². The van der Waals surface area contributed by atoms with Gasteiger partial charge in [-0.3, -0.25) is 4.18 Å². The van der Waals surface area contributed by atoms with Crippen LogP contribution in [0.25, 0.3) is 11.1 Å². The van der Waals surface area contributed by atoms with Crippen LogP contribution in [0.5, 0.6) is 5.75 Å². The molecule has 1 aliphatic carbocycles. The molecule has 1 fully saturated rings. The highest BCUT2D eigenvalue weighted by atomic mass is 32.2. The molecule has 1 saturated carbocycles. The van der Waals surface area contributed by atoms with Crippen molar-refractivity contribution in [1.82, 2.24) is 0 Å². The normalized spacial score (nSPS) is 19.6. The van der Waals surface area contributed by atoms with Crippen molar-refractivity contribution in [2.24, 2.45) is 4.99 Å². The number of hydrogen-bond donors (Lipinski definition) is 0. The van der Waals surface area contributed by atoms with Crippen molar-refractivity contribution >= 4 is 27.5 Å². The maximum Gasteiger partial charge on any atom is 0.297 e. The monoisotopic (exact) mass is 375 g/mol. The number of nitrogens with zero attached hydrogens (tertiary/aromatic N) is 1. The van der Waals surface area contributed by atoms with Crippen molar-refractivity contribution in [3.05, 3.63) is 48.5 Å². The van der Waals surface area contributed by atoms with Gasteiger partial charge in [0.05, 0.1) is 29.3 Å². The minimum absolute atomic E-state index is 0.0233. The number of benzene rings is 2. The lowest BCUT2D eigenvalue weighted by molar-refractivity contribution is 0.109. The SMILES string of the molecule is COc1ccc(-c2ccc(S(=O)(=O)OC3CC(N=C=S)C3)cc2)cc1. The largest absolute Gasteiger partial charge is 0.497 e. The number of aliphatic imine (C=N–C) groups is 1. The molecular formula is C18H17NO4S2. The smallest absolute Gasteiger partial charge is 0.297 e. The third-order valence-electron chi connectivity index (χ3n) is 4.13. The second kappa shape index (κ2) is 7.45. The number of rotatable bonds is 6. The molecule has 0 heterocycles. The van der Waals surface area contributed by atoms with E-state index in [0.717, 1.165) is 16.9 Å². The predicted molar refractivity (Wildman–Crippen MR) is 98.5 cm³/mol. The van der Waals surface area contributed by atoms with Crippen molar-refractivity contribution < 1.29 is 17.3 Å². The van der Waals surface area contributed by atoms with E-state index >= 15 is 0 Å². The van der Waals surface area contributed by atoms with Gasteiger partial charge in [-0.05, 0) is 60.5 Å². The van der Waals surface area contributed by atoms with Crippen LogP contribution in [-0.2, 0) is 14.3 Å². The summed E-state index contributed by atoms with van der Waals surface area (Å²) in [5, 5.41) is 2.31. The Hall–Kier alpha value is -2.05. The zero-order valence-corrected chi connectivity index (χ0v) is 15.2. The number of hydrogen-bond acceptors (Lipinski definition) is 6. The summed E-state index contributed by atoms with van der Waals surface area (Å²) in [4.78, 5) is 4.07. The first-order valence-corrected chi connectivity index (χ1v) is 9.58. The first-order chi connectivity index (χ1) is 12.0. The Morgan fingerprint density at radius 2 is 1.60 bits per heavy atom. The van der Waals surface area contributed by atoms with E-state index in [1.807, 2.05) is 24.3 Å². The van der Waals surface area contributed by atoms with Crippen LogP contribution >= 0.6 is 12.2 Å². The van der Waals surface area contributed by atoms with E-state index in [1.165, 1.54) is 0 Å². The van der Waals surface area contributed by atoms with Crippen LogP contribution in [0.3, 0.4) is 0 Å². The Balaban J connectivity index is 1.69. The topological polar surface area (TPSA) is 65.0 Å². The molecule has 2 aromatic carbocycles. The van der Waals surface area contributed by atoms with Gasteiger partial charge in [-0.2, -0.15) is 8.42 Å². The fraction of sp³-hybridized carbons (Fsp3) is 0.278. The molecule has 0 N–H and O–H groups in total. The summed E-state index contributed by atoms with van der Waals surface area (Å²) in [7, 11) is -2.16. The molecule has 7 heteroatoms. The summed E-state index contributed by atoms with van der Waals surface area (Å²) in [6, 6.07) is 14.2. The molecule has 1 aliphatic rings. The van der Waals surface area contributed by atoms with Gasteiger partial charge in [0.25, 0.3) is 10.1 Å². The maximum atomic E-state index is 12.3. The van der Waals surface area contributed by atoms with Gasteiger partial charge in [0.2, 0.25) is 0 Å². The van der Waals surface area contributed by atoms with Gasteiger partial charge in [0, 0.05) is 0 Å². The van der Waals surface area contributed by atoms with Gasteiger partial charge in [0.1, 0.15) is 5.75 Å². The number of methoxy groups -OCH3 is 1. The molecule has 5 nitrogen and oxygen atoms in total. The molecule has 3 rings (SSSR count). The zero-order valence-electron chi connectivity index (χ0n) is 13.6. The van der Waals surface area contributed by atoms with E-state index in [1.54, 1.807) is 31.4 Å². The van der Waals surface area contributed by atoms with Crippen LogP contribution in [-0.4, -0.2) is 32.8 Å². The molecule has 2 aromatic rings. The van der Waals surface area contributed by atoms with Crippen LogP contribution < -0.4 is 4.74 Å². The lowest BCUT2D eigenvalue weighted by Gasteiger charge is -2.30. The predicted octanol–water partition coefficient (Wildman–Crippen LogP) is 3.70. The van der Waals surface area contributed by atoms with Crippen LogP contribution in [0.2, 0.25) is 0 Å². The van der Waals surface area contributed by atoms with E-state index in [9.17, 15) is 8.42 Å². The second-order valence-electron chi connectivity index (χ2n) is 5.77. The van der Waals surface area contributed by atoms with E-state index in [-0.39, 0.29) is 17.0 Å². The lowest BCUT2D eigenvalue weighted by atomic mass is 9.90. The highest BCUT2D eigenvalue weighted by molar-refractivity contribution is 7.86. The Labute approximate surface area is 152 Å². The van der Waals surface area contributed by atoms with E-state index < -0.39 is 10.1 Å². The minimum Gasteiger partial charge on any atom is -0.497 e. The van der Waals surface area contributed by atoms with E-state index in [0.29, 0.717) is 12.8 Å². The Morgan fingerprint density at radius 1 is 1.04 bits per heavy atom. The third kappa shape index (κ3) is 4.14. The molecule has 130 valence electrons. The molecule has 0 aliphatic heterocycles. The van der Waals surface area contributed by atoms with Crippen molar-refractivity contribution in [2.45, 2.75) is 29.9 Å². The van der Waals surface area contributed by atoms with Gasteiger partial charge in [-0.25, -0.2) is 4.99 Å². The van der Waals surface area contributed by atoms with Gasteiger partial charge < -0.3 is 4.74 Å². The molecule has 0 unspecified atom stereocenters. The number of isothiocyanates is 1. The molecule has 0 atom stereocenters. The Kier molecular flexibility index (Phi) is 5.30. The molecule has 0 bridgehead atoms. The summed E-state index contributed by atoms with van der Waals surface area (Å²) in [5.41, 5.74) is 1.89. The van der Waals surface area contributed by atoms with Crippen molar-refractivity contribution in [3.8, 4) is 16.9 Å². The first-order valence-electron chi connectivity index (χ1n) is 7.76. The molecule has 0 saturated heterocycles. The van der Waals surface area contributed by atoms with Crippen molar-refractivity contribution in [3.63, 3.8) is 0 Å². The van der Waals surface area contributed by atoms with Gasteiger partial charge >= 0.3 is 0 Å². The standard InChI is InChI=1S/C18H17NO4S2/c1-22-16-6-2-13(3-7-16)14-4-8-18(9-5-14)25(20,21)23-17-10-15(11-17)19-12-24/h2-9,15,17H,10-11H2,1H3. The van der Waals surface area contributed by atoms with E-state index in [2.05, 4.69) is 22.4 Å². The van der Waals surface area contributed by atoms with Crippen LogP contribution in [0, 0.1) is 0 Å². The molecule has 0 amide bonds. The van der Waals surface area contributed by atoms with Gasteiger partial charge in [0.15, 0.2) is 0 Å². The average molecular weight is 375 g/mol. The molecule has 0 spiro atoms. The summed E-state index contributed by atoms with van der Waals surface area (Å²) in [6.45, 7) is 0. The third-order valence-corrected chi connectivity index (χ3v) is 5.61. The summed E-state index contributed by atoms with van der Waals surface area (Å²) in [6.07, 6.45) is 0.753. The zero-order chi connectivity index (χ0) is 17.9. The Bertz CT molecular complexity index is 880. The number of ether oxygens (including phenoxy) is 1. The average Bonchev–Trinajstić information content (AvgIpc) is 2.60. The highest BCUT2D eigenvalue weighted by Gasteiger charge is 2.34. The fourth-order valence-electron chi connectivity index (χ4n) is 2.63. The molecule has 0 radical (unpaired) electrons. The molecule has 25 heavy (non-hydrogen) atoms. The van der Waals surface area contributed by atoms with Gasteiger partial charge in [-0.15, -0.1) is 0 Å². The summed E-state index contributed by atoms with van der Waals surface area (Å²) >= 11 is 4.54. The fourth-order valence-corrected chi connectivity index (χ4v) is 3.87. The quantitative estimate of drug-likeness (QED) is 0.438. The van der Waals surface area contributed by atoms with Gasteiger partial charge in [-0.1, -0.05) is 24.3 Å². The lowest BCUT2D eigenvalue weighted by Crippen LogP contribution is -2.35. The summed E-state index contributed by atoms with van der Waals surface area (Å²) in [5.74, 6) is 0.771. The second-order valence-corrected chi connectivity index (χ2v) is 7.53. The van der Waals surface area contributed by atoms with Crippen molar-refractivity contribution in [1.29, 1.82) is 0 Å². The molecular weight excluding hydrogens is 358 g/mol. The highest BCUT2D eigenvalue weighted by Crippen LogP contribution is 2.30. The maximum absolute atomic E-state index is 12.3.